The molecule has 6 nitrogen and oxygen atoms in total. The van der Waals surface area contributed by atoms with Gasteiger partial charge in [-0.2, -0.15) is 0 Å². The van der Waals surface area contributed by atoms with Crippen LogP contribution in [0.25, 0.3) is 11.0 Å². The molecule has 0 bridgehead atoms. The maximum atomic E-state index is 11.3. The van der Waals surface area contributed by atoms with Crippen molar-refractivity contribution in [2.45, 2.75) is 32.4 Å². The molecule has 10 heteroatoms. The van der Waals surface area contributed by atoms with Gasteiger partial charge in [-0.05, 0) is 31.0 Å². The SMILES string of the molecule is CCC(NC(=O)O)c1ccc(Cl)c2nc3n(c12)CCCN3c1c(Cl)cc(Cl)cc1Cl. The number of carbonyl (C=O) groups is 1. The van der Waals surface area contributed by atoms with Crippen molar-refractivity contribution in [1.29, 1.82) is 0 Å². The molecule has 1 aromatic heterocycles. The van der Waals surface area contributed by atoms with Crippen molar-refractivity contribution < 1.29 is 9.90 Å². The van der Waals surface area contributed by atoms with Crippen molar-refractivity contribution in [3.8, 4) is 0 Å². The second-order valence-corrected chi connectivity index (χ2v) is 8.69. The summed E-state index contributed by atoms with van der Waals surface area (Å²) in [6, 6.07) is 6.51. The molecule has 0 saturated carbocycles. The fourth-order valence-corrected chi connectivity index (χ4v) is 5.18. The van der Waals surface area contributed by atoms with Gasteiger partial charge in [0, 0.05) is 23.7 Å². The molecule has 0 radical (unpaired) electrons. The van der Waals surface area contributed by atoms with Gasteiger partial charge in [0.2, 0.25) is 5.95 Å². The quantitative estimate of drug-likeness (QED) is 0.419. The van der Waals surface area contributed by atoms with Crippen LogP contribution in [0.2, 0.25) is 20.1 Å². The van der Waals surface area contributed by atoms with Gasteiger partial charge in [-0.3, -0.25) is 0 Å². The predicted molar refractivity (Wildman–Crippen MR) is 122 cm³/mol. The van der Waals surface area contributed by atoms with E-state index in [4.69, 9.17) is 51.4 Å². The minimum atomic E-state index is -1.08. The second kappa shape index (κ2) is 8.35. The summed E-state index contributed by atoms with van der Waals surface area (Å²) in [5.74, 6) is 0.655. The number of nitrogens with zero attached hydrogens (tertiary/aromatic N) is 3. The first-order valence-corrected chi connectivity index (χ1v) is 10.9. The molecule has 3 aromatic rings. The van der Waals surface area contributed by atoms with Gasteiger partial charge < -0.3 is 19.9 Å². The number of aryl methyl sites for hydroxylation is 1. The number of rotatable bonds is 4. The minimum Gasteiger partial charge on any atom is -0.465 e. The van der Waals surface area contributed by atoms with Crippen LogP contribution in [0.15, 0.2) is 24.3 Å². The van der Waals surface area contributed by atoms with Crippen molar-refractivity contribution >= 4 is 75.2 Å². The van der Waals surface area contributed by atoms with E-state index in [0.29, 0.717) is 56.8 Å². The number of imidazole rings is 1. The number of hydrogen-bond donors (Lipinski definition) is 2. The Kier molecular flexibility index (Phi) is 5.95. The zero-order valence-electron chi connectivity index (χ0n) is 15.9. The molecule has 1 atom stereocenters. The van der Waals surface area contributed by atoms with E-state index in [0.717, 1.165) is 17.5 Å². The third kappa shape index (κ3) is 3.66. The van der Waals surface area contributed by atoms with Gasteiger partial charge in [-0.1, -0.05) is 59.4 Å². The number of benzene rings is 2. The van der Waals surface area contributed by atoms with Crippen molar-refractivity contribution in [3.05, 3.63) is 49.9 Å². The van der Waals surface area contributed by atoms with E-state index in [2.05, 4.69) is 5.32 Å². The molecule has 0 aliphatic carbocycles. The first-order valence-electron chi connectivity index (χ1n) is 9.42. The Bertz CT molecular complexity index is 1120. The van der Waals surface area contributed by atoms with E-state index in [1.54, 1.807) is 18.2 Å². The number of amides is 1. The van der Waals surface area contributed by atoms with Gasteiger partial charge in [-0.15, -0.1) is 0 Å². The topological polar surface area (TPSA) is 70.4 Å². The number of hydrogen-bond acceptors (Lipinski definition) is 3. The highest BCUT2D eigenvalue weighted by molar-refractivity contribution is 6.42. The number of halogens is 4. The summed E-state index contributed by atoms with van der Waals surface area (Å²) in [5.41, 5.74) is 2.88. The highest BCUT2D eigenvalue weighted by Gasteiger charge is 2.29. The Hall–Kier alpha value is -1.86. The highest BCUT2D eigenvalue weighted by atomic mass is 35.5. The van der Waals surface area contributed by atoms with E-state index in [1.807, 2.05) is 22.5 Å². The van der Waals surface area contributed by atoms with Crippen LogP contribution >= 0.6 is 46.4 Å². The standard InChI is InChI=1S/C20H18Cl4N4O2/c1-2-15(25-20(29)30)11-4-5-12(22)16-17(11)27-6-3-7-28(19(27)26-16)18-13(23)8-10(21)9-14(18)24/h4-5,8-9,15,25H,2-3,6-7H2,1H3,(H,29,30). The van der Waals surface area contributed by atoms with Crippen LogP contribution in [0.5, 0.6) is 0 Å². The van der Waals surface area contributed by atoms with Crippen molar-refractivity contribution in [2.75, 3.05) is 11.4 Å². The Morgan fingerprint density at radius 1 is 1.17 bits per heavy atom. The molecule has 4 rings (SSSR count). The number of aromatic nitrogens is 2. The fourth-order valence-electron chi connectivity index (χ4n) is 3.96. The van der Waals surface area contributed by atoms with Crippen molar-refractivity contribution in [1.82, 2.24) is 14.9 Å². The van der Waals surface area contributed by atoms with Crippen LogP contribution in [0.4, 0.5) is 16.4 Å². The van der Waals surface area contributed by atoms with E-state index >= 15 is 0 Å². The zero-order valence-corrected chi connectivity index (χ0v) is 18.9. The molecule has 0 saturated heterocycles. The molecular formula is C20H18Cl4N4O2. The number of fused-ring (bicyclic) bond motifs is 3. The first kappa shape index (κ1) is 21.4. The molecule has 1 unspecified atom stereocenters. The van der Waals surface area contributed by atoms with Gasteiger partial charge in [0.05, 0.1) is 32.3 Å². The summed E-state index contributed by atoms with van der Waals surface area (Å²) in [5, 5.41) is 13.6. The molecule has 2 heterocycles. The lowest BCUT2D eigenvalue weighted by molar-refractivity contribution is 0.189. The van der Waals surface area contributed by atoms with E-state index < -0.39 is 6.09 Å². The molecule has 0 spiro atoms. The van der Waals surface area contributed by atoms with E-state index in [9.17, 15) is 9.90 Å². The lowest BCUT2D eigenvalue weighted by Crippen LogP contribution is -2.29. The first-order chi connectivity index (χ1) is 14.3. The largest absolute Gasteiger partial charge is 0.465 e. The van der Waals surface area contributed by atoms with Gasteiger partial charge >= 0.3 is 6.09 Å². The predicted octanol–water partition coefficient (Wildman–Crippen LogP) is 6.91. The third-order valence-corrected chi connectivity index (χ3v) is 6.29. The monoisotopic (exact) mass is 486 g/mol. The van der Waals surface area contributed by atoms with Crippen LogP contribution in [0.3, 0.4) is 0 Å². The molecular weight excluding hydrogens is 470 g/mol. The van der Waals surface area contributed by atoms with Crippen LogP contribution in [-0.2, 0) is 6.54 Å². The van der Waals surface area contributed by atoms with Crippen LogP contribution < -0.4 is 10.2 Å². The molecule has 1 aliphatic heterocycles. The van der Waals surface area contributed by atoms with Gasteiger partial charge in [0.1, 0.15) is 5.52 Å². The summed E-state index contributed by atoms with van der Waals surface area (Å²) in [6.07, 6.45) is 0.329. The van der Waals surface area contributed by atoms with Gasteiger partial charge in [0.25, 0.3) is 0 Å². The number of anilines is 2. The average Bonchev–Trinajstić information content (AvgIpc) is 3.07. The Labute approximate surface area is 193 Å². The maximum absolute atomic E-state index is 11.3. The van der Waals surface area contributed by atoms with Gasteiger partial charge in [-0.25, -0.2) is 9.78 Å². The van der Waals surface area contributed by atoms with E-state index in [1.165, 1.54) is 0 Å². The normalized spacial score (nSPS) is 14.6. The second-order valence-electron chi connectivity index (χ2n) is 7.03. The maximum Gasteiger partial charge on any atom is 0.405 e. The highest BCUT2D eigenvalue weighted by Crippen LogP contribution is 2.43. The lowest BCUT2D eigenvalue weighted by Gasteiger charge is -2.31. The summed E-state index contributed by atoms with van der Waals surface area (Å²) in [7, 11) is 0. The molecule has 30 heavy (non-hydrogen) atoms. The Balaban J connectivity index is 1.94. The summed E-state index contributed by atoms with van der Waals surface area (Å²) in [4.78, 5) is 18.1. The lowest BCUT2D eigenvalue weighted by atomic mass is 10.0. The Morgan fingerprint density at radius 3 is 2.50 bits per heavy atom. The smallest absolute Gasteiger partial charge is 0.405 e. The summed E-state index contributed by atoms with van der Waals surface area (Å²) < 4.78 is 2.05. The van der Waals surface area contributed by atoms with Crippen molar-refractivity contribution in [2.24, 2.45) is 0 Å². The van der Waals surface area contributed by atoms with Crippen molar-refractivity contribution in [3.63, 3.8) is 0 Å². The zero-order chi connectivity index (χ0) is 21.6. The molecule has 158 valence electrons. The summed E-state index contributed by atoms with van der Waals surface area (Å²) >= 11 is 25.5. The Morgan fingerprint density at radius 2 is 1.87 bits per heavy atom. The molecule has 2 N–H and O–H groups in total. The third-order valence-electron chi connectivity index (χ3n) is 5.19. The molecule has 2 aromatic carbocycles. The van der Waals surface area contributed by atoms with E-state index in [-0.39, 0.29) is 6.04 Å². The summed E-state index contributed by atoms with van der Waals surface area (Å²) in [6.45, 7) is 3.30. The number of nitrogens with one attached hydrogen (secondary N) is 1. The van der Waals surface area contributed by atoms with Crippen LogP contribution in [-0.4, -0.2) is 27.3 Å². The molecule has 1 amide bonds. The number of carboxylic acid groups (broad SMARTS) is 1. The van der Waals surface area contributed by atoms with Gasteiger partial charge in [0.15, 0.2) is 0 Å². The van der Waals surface area contributed by atoms with Crippen LogP contribution in [0, 0.1) is 0 Å². The van der Waals surface area contributed by atoms with Crippen LogP contribution in [0.1, 0.15) is 31.4 Å². The molecule has 1 aliphatic rings. The minimum absolute atomic E-state index is 0.388. The average molecular weight is 488 g/mol. The fraction of sp³-hybridized carbons (Fsp3) is 0.300. The molecule has 0 fully saturated rings.